The molecule has 0 aliphatic heterocycles. The fourth-order valence-electron chi connectivity index (χ4n) is 1.57. The molecule has 0 bridgehead atoms. The number of aromatic nitrogens is 1. The van der Waals surface area contributed by atoms with E-state index in [9.17, 15) is 5.11 Å². The zero-order valence-electron chi connectivity index (χ0n) is 8.85. The highest BCUT2D eigenvalue weighted by Crippen LogP contribution is 2.29. The van der Waals surface area contributed by atoms with Crippen molar-refractivity contribution in [2.75, 3.05) is 0 Å². The first-order chi connectivity index (χ1) is 7.68. The van der Waals surface area contributed by atoms with Gasteiger partial charge in [-0.25, -0.2) is 0 Å². The lowest BCUT2D eigenvalue weighted by molar-refractivity contribution is 0.178. The highest BCUT2D eigenvalue weighted by Gasteiger charge is 2.13. The van der Waals surface area contributed by atoms with Crippen LogP contribution in [0.2, 0.25) is 0 Å². The van der Waals surface area contributed by atoms with E-state index in [2.05, 4.69) is 20.9 Å². The van der Waals surface area contributed by atoms with E-state index in [0.717, 1.165) is 20.5 Å². The molecule has 2 nitrogen and oxygen atoms in total. The van der Waals surface area contributed by atoms with Gasteiger partial charge in [-0.1, -0.05) is 34.1 Å². The highest BCUT2D eigenvalue weighted by atomic mass is 79.9. The summed E-state index contributed by atoms with van der Waals surface area (Å²) in [4.78, 5) is 5.10. The van der Waals surface area contributed by atoms with E-state index >= 15 is 0 Å². The summed E-state index contributed by atoms with van der Waals surface area (Å²) in [6.45, 7) is 2.02. The van der Waals surface area contributed by atoms with Crippen molar-refractivity contribution in [3.8, 4) is 0 Å². The summed E-state index contributed by atoms with van der Waals surface area (Å²) >= 11 is 5.08. The highest BCUT2D eigenvalue weighted by molar-refractivity contribution is 9.10. The van der Waals surface area contributed by atoms with Crippen LogP contribution in [0.3, 0.4) is 0 Å². The van der Waals surface area contributed by atoms with Crippen LogP contribution in [0.5, 0.6) is 0 Å². The second-order valence-corrected chi connectivity index (χ2v) is 5.43. The molecule has 0 radical (unpaired) electrons. The average molecular weight is 298 g/mol. The normalized spacial score (nSPS) is 12.7. The maximum atomic E-state index is 10.1. The Hall–Kier alpha value is -0.710. The molecule has 0 saturated heterocycles. The standard InChI is InChI=1S/C12H12BrNOS/c1-8-3-2-4-10(12(8)13)11(15)5-9-6-14-7-16-9/h2-4,6-7,11,15H,5H2,1H3. The number of benzene rings is 1. The molecule has 1 heterocycles. The van der Waals surface area contributed by atoms with Gasteiger partial charge in [0.2, 0.25) is 0 Å². The van der Waals surface area contributed by atoms with Crippen molar-refractivity contribution < 1.29 is 5.11 Å². The predicted molar refractivity (Wildman–Crippen MR) is 69.7 cm³/mol. The van der Waals surface area contributed by atoms with Crippen LogP contribution in [0.25, 0.3) is 0 Å². The Morgan fingerprint density at radius 3 is 3.00 bits per heavy atom. The number of aryl methyl sites for hydroxylation is 1. The lowest BCUT2D eigenvalue weighted by atomic mass is 10.0. The Balaban J connectivity index is 2.21. The molecule has 84 valence electrons. The number of rotatable bonds is 3. The molecule has 16 heavy (non-hydrogen) atoms. The molecule has 0 spiro atoms. The van der Waals surface area contributed by atoms with E-state index in [1.54, 1.807) is 23.0 Å². The third-order valence-electron chi connectivity index (χ3n) is 2.46. The Morgan fingerprint density at radius 2 is 2.31 bits per heavy atom. The van der Waals surface area contributed by atoms with Crippen LogP contribution in [0.4, 0.5) is 0 Å². The third-order valence-corrected chi connectivity index (χ3v) is 4.34. The van der Waals surface area contributed by atoms with Gasteiger partial charge in [0.05, 0.1) is 11.6 Å². The van der Waals surface area contributed by atoms with E-state index in [0.29, 0.717) is 6.42 Å². The summed E-state index contributed by atoms with van der Waals surface area (Å²) in [6.07, 6.45) is 1.94. The molecule has 1 unspecified atom stereocenters. The van der Waals surface area contributed by atoms with Crippen molar-refractivity contribution in [1.29, 1.82) is 0 Å². The SMILES string of the molecule is Cc1cccc(C(O)Cc2cncs2)c1Br. The van der Waals surface area contributed by atoms with Crippen LogP contribution in [0.1, 0.15) is 22.1 Å². The van der Waals surface area contributed by atoms with Gasteiger partial charge in [0, 0.05) is 22.0 Å². The fraction of sp³-hybridized carbons (Fsp3) is 0.250. The molecule has 1 aromatic heterocycles. The van der Waals surface area contributed by atoms with E-state index < -0.39 is 6.10 Å². The molecule has 1 atom stereocenters. The van der Waals surface area contributed by atoms with E-state index in [1.165, 1.54) is 0 Å². The van der Waals surface area contributed by atoms with Gasteiger partial charge in [-0.3, -0.25) is 4.98 Å². The maximum Gasteiger partial charge on any atom is 0.0849 e. The van der Waals surface area contributed by atoms with Crippen LogP contribution in [0, 0.1) is 6.92 Å². The number of hydrogen-bond acceptors (Lipinski definition) is 3. The molecule has 1 N–H and O–H groups in total. The van der Waals surface area contributed by atoms with Crippen molar-refractivity contribution in [3.63, 3.8) is 0 Å². The second kappa shape index (κ2) is 5.08. The fourth-order valence-corrected chi connectivity index (χ4v) is 2.73. The van der Waals surface area contributed by atoms with Gasteiger partial charge in [-0.05, 0) is 18.1 Å². The summed E-state index contributed by atoms with van der Waals surface area (Å²) in [5.41, 5.74) is 3.86. The van der Waals surface area contributed by atoms with Crippen molar-refractivity contribution in [3.05, 3.63) is 50.4 Å². The van der Waals surface area contributed by atoms with Crippen LogP contribution in [-0.2, 0) is 6.42 Å². The molecular formula is C12H12BrNOS. The minimum Gasteiger partial charge on any atom is -0.388 e. The molecule has 2 rings (SSSR count). The number of hydrogen-bond donors (Lipinski definition) is 1. The average Bonchev–Trinajstić information content (AvgIpc) is 2.74. The van der Waals surface area contributed by atoms with Gasteiger partial charge in [0.15, 0.2) is 0 Å². The van der Waals surface area contributed by atoms with Crippen LogP contribution in [0.15, 0.2) is 34.4 Å². The Bertz CT molecular complexity index is 470. The summed E-state index contributed by atoms with van der Waals surface area (Å²) in [6, 6.07) is 5.93. The van der Waals surface area contributed by atoms with Gasteiger partial charge in [-0.2, -0.15) is 0 Å². The smallest absolute Gasteiger partial charge is 0.0849 e. The number of nitrogens with zero attached hydrogens (tertiary/aromatic N) is 1. The lowest BCUT2D eigenvalue weighted by Crippen LogP contribution is -2.02. The molecular weight excluding hydrogens is 286 g/mol. The zero-order chi connectivity index (χ0) is 11.5. The Labute approximate surface area is 107 Å². The molecule has 2 aromatic rings. The molecule has 0 aliphatic carbocycles. The first kappa shape index (κ1) is 11.8. The summed E-state index contributed by atoms with van der Waals surface area (Å²) < 4.78 is 0.993. The maximum absolute atomic E-state index is 10.1. The first-order valence-electron chi connectivity index (χ1n) is 4.99. The van der Waals surface area contributed by atoms with Gasteiger partial charge < -0.3 is 5.11 Å². The van der Waals surface area contributed by atoms with Gasteiger partial charge in [-0.15, -0.1) is 11.3 Å². The molecule has 1 aromatic carbocycles. The van der Waals surface area contributed by atoms with Gasteiger partial charge in [0.25, 0.3) is 0 Å². The van der Waals surface area contributed by atoms with E-state index in [1.807, 2.05) is 25.1 Å². The summed E-state index contributed by atoms with van der Waals surface area (Å²) in [7, 11) is 0. The molecule has 0 fully saturated rings. The number of aliphatic hydroxyl groups excluding tert-OH is 1. The van der Waals surface area contributed by atoms with Crippen LogP contribution < -0.4 is 0 Å². The van der Waals surface area contributed by atoms with Crippen molar-refractivity contribution >= 4 is 27.3 Å². The topological polar surface area (TPSA) is 33.1 Å². The zero-order valence-corrected chi connectivity index (χ0v) is 11.3. The monoisotopic (exact) mass is 297 g/mol. The summed E-state index contributed by atoms with van der Waals surface area (Å²) in [5.74, 6) is 0. The number of aliphatic hydroxyl groups is 1. The van der Waals surface area contributed by atoms with Crippen molar-refractivity contribution in [2.45, 2.75) is 19.4 Å². The minimum atomic E-state index is -0.477. The Morgan fingerprint density at radius 1 is 1.50 bits per heavy atom. The first-order valence-corrected chi connectivity index (χ1v) is 6.66. The van der Waals surface area contributed by atoms with Crippen molar-refractivity contribution in [1.82, 2.24) is 4.98 Å². The number of halogens is 1. The molecule has 0 saturated carbocycles. The van der Waals surface area contributed by atoms with Crippen LogP contribution >= 0.6 is 27.3 Å². The molecule has 0 aliphatic rings. The molecule has 0 amide bonds. The third kappa shape index (κ3) is 2.51. The van der Waals surface area contributed by atoms with Crippen molar-refractivity contribution in [2.24, 2.45) is 0 Å². The second-order valence-electron chi connectivity index (χ2n) is 3.67. The van der Waals surface area contributed by atoms with Gasteiger partial charge >= 0.3 is 0 Å². The quantitative estimate of drug-likeness (QED) is 0.941. The molecule has 4 heteroatoms. The predicted octanol–water partition coefficient (Wildman–Crippen LogP) is 3.49. The van der Waals surface area contributed by atoms with Crippen LogP contribution in [-0.4, -0.2) is 10.1 Å². The largest absolute Gasteiger partial charge is 0.388 e. The van der Waals surface area contributed by atoms with E-state index in [4.69, 9.17) is 0 Å². The number of thiazole rings is 1. The Kier molecular flexibility index (Phi) is 3.74. The lowest BCUT2D eigenvalue weighted by Gasteiger charge is -2.13. The minimum absolute atomic E-state index is 0.477. The van der Waals surface area contributed by atoms with Gasteiger partial charge in [0.1, 0.15) is 0 Å². The summed E-state index contributed by atoms with van der Waals surface area (Å²) in [5, 5.41) is 10.1. The van der Waals surface area contributed by atoms with E-state index in [-0.39, 0.29) is 0 Å².